The minimum atomic E-state index is -3.17. The summed E-state index contributed by atoms with van der Waals surface area (Å²) in [6.45, 7) is 2.74. The molecule has 36 heavy (non-hydrogen) atoms. The van der Waals surface area contributed by atoms with Gasteiger partial charge in [0.2, 0.25) is 16.0 Å². The maximum atomic E-state index is 11.8. The number of sulfonamides is 1. The molecule has 3 aromatic heterocycles. The number of nitrogens with one attached hydrogen (secondary N) is 1. The number of halogens is 1. The second-order valence-corrected chi connectivity index (χ2v) is 10.8. The van der Waals surface area contributed by atoms with E-state index >= 15 is 0 Å². The van der Waals surface area contributed by atoms with E-state index in [-0.39, 0.29) is 0 Å². The third-order valence-electron chi connectivity index (χ3n) is 5.85. The molecule has 1 N–H and O–H groups in total. The Bertz CT molecular complexity index is 1450. The summed E-state index contributed by atoms with van der Waals surface area (Å²) >= 11 is 6.31. The quantitative estimate of drug-likeness (QED) is 0.367. The summed E-state index contributed by atoms with van der Waals surface area (Å²) in [7, 11) is -3.17. The SMILES string of the molecule is CS(=O)(=O)N1CCN(Cc2cc(Nc3nccc(-c4ccnn4-c4ccccc4)n3)cc(Cl)n2)CC1. The molecule has 1 aliphatic rings. The van der Waals surface area contributed by atoms with E-state index in [2.05, 4.69) is 30.3 Å². The van der Waals surface area contributed by atoms with Gasteiger partial charge in [-0.2, -0.15) is 9.40 Å². The average Bonchev–Trinajstić information content (AvgIpc) is 3.34. The minimum absolute atomic E-state index is 0.350. The molecule has 0 saturated carbocycles. The maximum absolute atomic E-state index is 11.8. The highest BCUT2D eigenvalue weighted by Gasteiger charge is 2.23. The van der Waals surface area contributed by atoms with Gasteiger partial charge >= 0.3 is 0 Å². The molecule has 4 aromatic rings. The van der Waals surface area contributed by atoms with Crippen LogP contribution >= 0.6 is 11.6 Å². The van der Waals surface area contributed by atoms with E-state index in [4.69, 9.17) is 11.6 Å². The van der Waals surface area contributed by atoms with Crippen molar-refractivity contribution in [2.45, 2.75) is 6.54 Å². The average molecular weight is 525 g/mol. The largest absolute Gasteiger partial charge is 0.324 e. The number of aromatic nitrogens is 5. The van der Waals surface area contributed by atoms with Crippen LogP contribution < -0.4 is 5.32 Å². The summed E-state index contributed by atoms with van der Waals surface area (Å²) in [5, 5.41) is 8.02. The van der Waals surface area contributed by atoms with Gasteiger partial charge in [-0.1, -0.05) is 29.8 Å². The molecule has 1 aromatic carbocycles. The van der Waals surface area contributed by atoms with E-state index < -0.39 is 10.0 Å². The van der Waals surface area contributed by atoms with Gasteiger partial charge in [0.15, 0.2) is 0 Å². The lowest BCUT2D eigenvalue weighted by Crippen LogP contribution is -2.47. The summed E-state index contributed by atoms with van der Waals surface area (Å²) in [6, 6.07) is 17.2. The molecule has 12 heteroatoms. The number of piperazine rings is 1. The van der Waals surface area contributed by atoms with Crippen molar-refractivity contribution >= 4 is 33.3 Å². The predicted octanol–water partition coefficient (Wildman–Crippen LogP) is 3.20. The number of benzene rings is 1. The van der Waals surface area contributed by atoms with Gasteiger partial charge in [-0.3, -0.25) is 4.90 Å². The first-order valence-corrected chi connectivity index (χ1v) is 13.6. The maximum Gasteiger partial charge on any atom is 0.227 e. The molecule has 1 fully saturated rings. The van der Waals surface area contributed by atoms with Gasteiger partial charge in [0, 0.05) is 44.6 Å². The van der Waals surface area contributed by atoms with Gasteiger partial charge in [0.25, 0.3) is 0 Å². The van der Waals surface area contributed by atoms with Crippen LogP contribution in [0.15, 0.2) is 67.0 Å². The third kappa shape index (κ3) is 5.71. The number of nitrogens with zero attached hydrogens (tertiary/aromatic N) is 7. The molecular weight excluding hydrogens is 500 g/mol. The standard InChI is InChI=1S/C24H25ClN8O2S/c1-36(34,35)32-13-11-31(12-14-32)17-19-15-18(16-23(25)28-19)29-24-26-9-7-21(30-24)22-8-10-27-33(22)20-5-3-2-4-6-20/h2-10,15-16H,11-14,17H2,1H3,(H,26,28,29,30). The van der Waals surface area contributed by atoms with Crippen molar-refractivity contribution in [2.75, 3.05) is 37.8 Å². The third-order valence-corrected chi connectivity index (χ3v) is 7.35. The van der Waals surface area contributed by atoms with Gasteiger partial charge in [-0.05, 0) is 36.4 Å². The lowest BCUT2D eigenvalue weighted by atomic mass is 10.2. The Morgan fingerprint density at radius 1 is 0.972 bits per heavy atom. The summed E-state index contributed by atoms with van der Waals surface area (Å²) in [5.41, 5.74) is 3.99. The molecule has 0 bridgehead atoms. The Morgan fingerprint density at radius 3 is 2.50 bits per heavy atom. The Morgan fingerprint density at radius 2 is 1.75 bits per heavy atom. The fourth-order valence-electron chi connectivity index (χ4n) is 4.12. The minimum Gasteiger partial charge on any atom is -0.324 e. The molecule has 0 spiro atoms. The fraction of sp³-hybridized carbons (Fsp3) is 0.250. The van der Waals surface area contributed by atoms with E-state index in [9.17, 15) is 8.42 Å². The summed E-state index contributed by atoms with van der Waals surface area (Å²) < 4.78 is 26.8. The zero-order valence-electron chi connectivity index (χ0n) is 19.6. The number of para-hydroxylation sites is 1. The summed E-state index contributed by atoms with van der Waals surface area (Å²) in [4.78, 5) is 15.6. The topological polar surface area (TPSA) is 109 Å². The van der Waals surface area contributed by atoms with Crippen LogP contribution in [0.25, 0.3) is 17.1 Å². The molecule has 0 radical (unpaired) electrons. The van der Waals surface area contributed by atoms with Crippen LogP contribution in [0.4, 0.5) is 11.6 Å². The Balaban J connectivity index is 1.31. The molecule has 186 valence electrons. The molecular formula is C24H25ClN8O2S. The van der Waals surface area contributed by atoms with Crippen LogP contribution in [0.2, 0.25) is 5.15 Å². The van der Waals surface area contributed by atoms with Crippen molar-refractivity contribution in [3.8, 4) is 17.1 Å². The highest BCUT2D eigenvalue weighted by Crippen LogP contribution is 2.24. The molecule has 10 nitrogen and oxygen atoms in total. The van der Waals surface area contributed by atoms with E-state index in [1.165, 1.54) is 10.6 Å². The zero-order chi connectivity index (χ0) is 25.1. The lowest BCUT2D eigenvalue weighted by Gasteiger charge is -2.33. The van der Waals surface area contributed by atoms with Gasteiger partial charge in [0.1, 0.15) is 5.15 Å². The molecule has 1 aliphatic heterocycles. The molecule has 0 unspecified atom stereocenters. The molecule has 4 heterocycles. The van der Waals surface area contributed by atoms with Crippen LogP contribution in [0.5, 0.6) is 0 Å². The van der Waals surface area contributed by atoms with E-state index in [1.807, 2.05) is 53.2 Å². The van der Waals surface area contributed by atoms with Crippen molar-refractivity contribution in [3.63, 3.8) is 0 Å². The Hall–Kier alpha value is -3.38. The highest BCUT2D eigenvalue weighted by molar-refractivity contribution is 7.88. The normalized spacial score (nSPS) is 15.2. The molecule has 0 amide bonds. The fourth-order valence-corrected chi connectivity index (χ4v) is 5.17. The van der Waals surface area contributed by atoms with Crippen LogP contribution in [-0.4, -0.2) is 74.8 Å². The highest BCUT2D eigenvalue weighted by atomic mass is 35.5. The van der Waals surface area contributed by atoms with Gasteiger partial charge < -0.3 is 5.32 Å². The second kappa shape index (κ2) is 10.3. The number of hydrogen-bond acceptors (Lipinski definition) is 8. The van der Waals surface area contributed by atoms with Crippen molar-refractivity contribution < 1.29 is 8.42 Å². The van der Waals surface area contributed by atoms with Crippen molar-refractivity contribution in [2.24, 2.45) is 0 Å². The molecule has 0 aliphatic carbocycles. The molecule has 0 atom stereocenters. The van der Waals surface area contributed by atoms with Crippen LogP contribution in [0.3, 0.4) is 0 Å². The van der Waals surface area contributed by atoms with Crippen LogP contribution in [0.1, 0.15) is 5.69 Å². The first kappa shape index (κ1) is 24.3. The van der Waals surface area contributed by atoms with E-state index in [0.717, 1.165) is 22.8 Å². The number of rotatable bonds is 7. The van der Waals surface area contributed by atoms with Crippen LogP contribution in [-0.2, 0) is 16.6 Å². The monoisotopic (exact) mass is 524 g/mol. The van der Waals surface area contributed by atoms with Crippen molar-refractivity contribution in [3.05, 3.63) is 77.8 Å². The molecule has 5 rings (SSSR count). The number of anilines is 2. The van der Waals surface area contributed by atoms with Crippen molar-refractivity contribution in [1.29, 1.82) is 0 Å². The Labute approximate surface area is 214 Å². The van der Waals surface area contributed by atoms with Crippen LogP contribution in [0, 0.1) is 0 Å². The summed E-state index contributed by atoms with van der Waals surface area (Å²) in [6.07, 6.45) is 4.67. The zero-order valence-corrected chi connectivity index (χ0v) is 21.2. The van der Waals surface area contributed by atoms with Gasteiger partial charge in [0.05, 0.1) is 35.2 Å². The predicted molar refractivity (Wildman–Crippen MR) is 139 cm³/mol. The number of pyridine rings is 1. The summed E-state index contributed by atoms with van der Waals surface area (Å²) in [5.74, 6) is 0.420. The van der Waals surface area contributed by atoms with E-state index in [0.29, 0.717) is 49.5 Å². The number of hydrogen-bond donors (Lipinski definition) is 1. The smallest absolute Gasteiger partial charge is 0.227 e. The first-order valence-electron chi connectivity index (χ1n) is 11.4. The van der Waals surface area contributed by atoms with Crippen molar-refractivity contribution in [1.82, 2.24) is 33.9 Å². The van der Waals surface area contributed by atoms with Gasteiger partial charge in [-0.25, -0.2) is 28.1 Å². The first-order chi connectivity index (χ1) is 17.3. The Kier molecular flexibility index (Phi) is 6.97. The second-order valence-electron chi connectivity index (χ2n) is 8.46. The van der Waals surface area contributed by atoms with Gasteiger partial charge in [-0.15, -0.1) is 0 Å². The lowest BCUT2D eigenvalue weighted by molar-refractivity contribution is 0.180. The molecule has 1 saturated heterocycles. The van der Waals surface area contributed by atoms with E-state index in [1.54, 1.807) is 18.5 Å².